The summed E-state index contributed by atoms with van der Waals surface area (Å²) >= 11 is 13.7. The molecule has 1 fully saturated rings. The summed E-state index contributed by atoms with van der Waals surface area (Å²) in [6.45, 7) is 3.07. The summed E-state index contributed by atoms with van der Waals surface area (Å²) in [6.07, 6.45) is 0.145. The second-order valence-corrected chi connectivity index (χ2v) is 11.0. The first kappa shape index (κ1) is 30.7. The van der Waals surface area contributed by atoms with E-state index in [9.17, 15) is 14.7 Å². The lowest BCUT2D eigenvalue weighted by Gasteiger charge is -2.28. The Labute approximate surface area is 258 Å². The molecule has 2 aromatic carbocycles. The highest BCUT2D eigenvalue weighted by atomic mass is 35.5. The molecule has 0 spiro atoms. The van der Waals surface area contributed by atoms with E-state index in [1.807, 2.05) is 30.3 Å². The summed E-state index contributed by atoms with van der Waals surface area (Å²) in [5.74, 6) is -0.157. The molecule has 0 aliphatic carbocycles. The van der Waals surface area contributed by atoms with Gasteiger partial charge >= 0.3 is 0 Å². The van der Waals surface area contributed by atoms with Crippen molar-refractivity contribution >= 4 is 34.8 Å². The summed E-state index contributed by atoms with van der Waals surface area (Å²) in [5, 5.41) is 21.0. The van der Waals surface area contributed by atoms with Crippen LogP contribution in [0.15, 0.2) is 59.4 Å². The molecule has 5 rings (SSSR count). The lowest BCUT2D eigenvalue weighted by Crippen LogP contribution is -2.46. The van der Waals surface area contributed by atoms with Crippen molar-refractivity contribution in [3.63, 3.8) is 0 Å². The maximum Gasteiger partial charge on any atom is 0.279 e. The van der Waals surface area contributed by atoms with Gasteiger partial charge in [-0.3, -0.25) is 9.59 Å². The zero-order chi connectivity index (χ0) is 30.7. The first-order chi connectivity index (χ1) is 20.7. The molecular weight excluding hydrogens is 593 g/mol. The van der Waals surface area contributed by atoms with Crippen molar-refractivity contribution in [2.45, 2.75) is 32.0 Å². The number of aliphatic hydroxyl groups excluding tert-OH is 1. The number of ether oxygens (including phenoxy) is 2. The van der Waals surface area contributed by atoms with Crippen LogP contribution < -0.4 is 20.9 Å². The van der Waals surface area contributed by atoms with E-state index in [0.29, 0.717) is 70.8 Å². The molecule has 0 saturated carbocycles. The van der Waals surface area contributed by atoms with Gasteiger partial charge in [0.1, 0.15) is 5.56 Å². The number of halogens is 2. The van der Waals surface area contributed by atoms with Gasteiger partial charge in [-0.05, 0) is 31.5 Å². The summed E-state index contributed by atoms with van der Waals surface area (Å²) < 4.78 is 12.0. The molecular formula is C31H31Cl2N5O5. The molecule has 2 atom stereocenters. The first-order valence-electron chi connectivity index (χ1n) is 13.6. The standard InChI is InChI=1S/C31H31Cl2N5O5/c1-17-14-22(31(41)38(2)37-17)29(40)35-25-9-5-7-20(28(25)33)19-6-4-8-21(27(19)32)23-11-10-18(30(36-23)42-3)15-34-24-12-13-43-16-26(24)39/h4-11,14,24,26,34,39H,12-13,15-16H2,1-3H3,(H,35,40)/t24?,26-/m0/s1. The smallest absolute Gasteiger partial charge is 0.279 e. The average molecular weight is 625 g/mol. The summed E-state index contributed by atoms with van der Waals surface area (Å²) in [6, 6.07) is 15.9. The number of amides is 1. The van der Waals surface area contributed by atoms with Crippen molar-refractivity contribution in [1.82, 2.24) is 20.1 Å². The largest absolute Gasteiger partial charge is 0.481 e. The van der Waals surface area contributed by atoms with Gasteiger partial charge in [-0.15, -0.1) is 0 Å². The topological polar surface area (TPSA) is 128 Å². The molecule has 1 aliphatic heterocycles. The maximum atomic E-state index is 13.0. The van der Waals surface area contributed by atoms with Crippen LogP contribution in [0.25, 0.3) is 22.4 Å². The number of hydrogen-bond donors (Lipinski definition) is 3. The number of aryl methyl sites for hydroxylation is 2. The number of carbonyl (C=O) groups excluding carboxylic acids is 1. The van der Waals surface area contributed by atoms with Gasteiger partial charge in [-0.1, -0.05) is 59.6 Å². The van der Waals surface area contributed by atoms with Crippen molar-refractivity contribution in [3.8, 4) is 28.3 Å². The van der Waals surface area contributed by atoms with Crippen LogP contribution in [-0.2, 0) is 18.3 Å². The van der Waals surface area contributed by atoms with Crippen molar-refractivity contribution in [3.05, 3.63) is 91.8 Å². The Balaban J connectivity index is 1.41. The summed E-state index contributed by atoms with van der Waals surface area (Å²) in [5.41, 5.74) is 3.63. The fraction of sp³-hybridized carbons (Fsp3) is 0.290. The molecule has 1 saturated heterocycles. The quantitative estimate of drug-likeness (QED) is 0.259. The third-order valence-electron chi connectivity index (χ3n) is 7.26. The van der Waals surface area contributed by atoms with Gasteiger partial charge in [-0.2, -0.15) is 5.10 Å². The van der Waals surface area contributed by atoms with Gasteiger partial charge in [-0.25, -0.2) is 9.67 Å². The molecule has 10 nitrogen and oxygen atoms in total. The molecule has 1 aliphatic rings. The van der Waals surface area contributed by atoms with Crippen LogP contribution in [0.3, 0.4) is 0 Å². The average Bonchev–Trinajstić information content (AvgIpc) is 3.00. The molecule has 0 bridgehead atoms. The van der Waals surface area contributed by atoms with Crippen LogP contribution in [0.4, 0.5) is 5.69 Å². The van der Waals surface area contributed by atoms with Crippen LogP contribution in [0.5, 0.6) is 5.88 Å². The van der Waals surface area contributed by atoms with Crippen LogP contribution in [0, 0.1) is 6.92 Å². The lowest BCUT2D eigenvalue weighted by molar-refractivity contribution is -0.0281. The minimum absolute atomic E-state index is 0.0425. The number of nitrogens with zero attached hydrogens (tertiary/aromatic N) is 3. The molecule has 224 valence electrons. The Hall–Kier alpha value is -3.80. The van der Waals surface area contributed by atoms with E-state index in [2.05, 4.69) is 15.7 Å². The molecule has 43 heavy (non-hydrogen) atoms. The summed E-state index contributed by atoms with van der Waals surface area (Å²) in [4.78, 5) is 30.2. The monoisotopic (exact) mass is 623 g/mol. The number of aromatic nitrogens is 3. The molecule has 0 radical (unpaired) electrons. The molecule has 1 unspecified atom stereocenters. The van der Waals surface area contributed by atoms with Gasteiger partial charge in [0.15, 0.2) is 0 Å². The number of hydrogen-bond acceptors (Lipinski definition) is 8. The highest BCUT2D eigenvalue weighted by Gasteiger charge is 2.24. The lowest BCUT2D eigenvalue weighted by atomic mass is 10.00. The SMILES string of the molecule is COc1nc(-c2cccc(-c3cccc(NC(=O)c4cc(C)nn(C)c4=O)c3Cl)c2Cl)ccc1CNC1CCOC[C@@H]1O. The van der Waals surface area contributed by atoms with Gasteiger partial charge in [0.05, 0.1) is 46.9 Å². The second kappa shape index (κ2) is 13.2. The molecule has 12 heteroatoms. The van der Waals surface area contributed by atoms with Crippen LogP contribution in [0.1, 0.15) is 28.0 Å². The maximum absolute atomic E-state index is 13.0. The number of nitrogens with one attached hydrogen (secondary N) is 2. The Kier molecular flexibility index (Phi) is 9.43. The zero-order valence-electron chi connectivity index (χ0n) is 23.9. The highest BCUT2D eigenvalue weighted by Crippen LogP contribution is 2.41. The fourth-order valence-corrected chi connectivity index (χ4v) is 5.61. The number of anilines is 1. The van der Waals surface area contributed by atoms with Gasteiger partial charge in [0.2, 0.25) is 5.88 Å². The predicted molar refractivity (Wildman–Crippen MR) is 166 cm³/mol. The highest BCUT2D eigenvalue weighted by molar-refractivity contribution is 6.39. The fourth-order valence-electron chi connectivity index (χ4n) is 5.02. The third-order valence-corrected chi connectivity index (χ3v) is 8.07. The first-order valence-corrected chi connectivity index (χ1v) is 14.4. The normalized spacial score (nSPS) is 16.6. The molecule has 3 N–H and O–H groups in total. The number of aliphatic hydroxyl groups is 1. The van der Waals surface area contributed by atoms with Crippen LogP contribution in [0.2, 0.25) is 10.0 Å². The minimum atomic E-state index is -0.595. The molecule has 4 aromatic rings. The van der Waals surface area contributed by atoms with Crippen molar-refractivity contribution in [2.75, 3.05) is 25.6 Å². The van der Waals surface area contributed by atoms with E-state index in [1.54, 1.807) is 32.2 Å². The van der Waals surface area contributed by atoms with E-state index in [4.69, 9.17) is 37.7 Å². The van der Waals surface area contributed by atoms with E-state index in [0.717, 1.165) is 10.2 Å². The second-order valence-electron chi connectivity index (χ2n) is 10.2. The number of carbonyl (C=O) groups is 1. The Morgan fingerprint density at radius 2 is 1.84 bits per heavy atom. The number of pyridine rings is 1. The summed E-state index contributed by atoms with van der Waals surface area (Å²) in [7, 11) is 3.04. The van der Waals surface area contributed by atoms with Gasteiger partial charge in [0, 0.05) is 48.5 Å². The minimum Gasteiger partial charge on any atom is -0.481 e. The van der Waals surface area contributed by atoms with Gasteiger partial charge in [0.25, 0.3) is 11.5 Å². The Morgan fingerprint density at radius 1 is 1.12 bits per heavy atom. The predicted octanol–water partition coefficient (Wildman–Crippen LogP) is 4.62. The van der Waals surface area contributed by atoms with Gasteiger partial charge < -0.3 is 25.2 Å². The van der Waals surface area contributed by atoms with Crippen molar-refractivity contribution in [1.29, 1.82) is 0 Å². The Morgan fingerprint density at radius 3 is 2.58 bits per heavy atom. The van der Waals surface area contributed by atoms with Crippen LogP contribution in [-0.4, -0.2) is 58.2 Å². The number of methoxy groups -OCH3 is 1. The molecule has 3 heterocycles. The van der Waals surface area contributed by atoms with E-state index in [-0.39, 0.29) is 16.6 Å². The zero-order valence-corrected chi connectivity index (χ0v) is 25.4. The van der Waals surface area contributed by atoms with E-state index in [1.165, 1.54) is 13.1 Å². The van der Waals surface area contributed by atoms with Crippen molar-refractivity contribution < 1.29 is 19.4 Å². The van der Waals surface area contributed by atoms with E-state index < -0.39 is 17.6 Å². The molecule has 1 amide bonds. The molecule has 2 aromatic heterocycles. The Bertz CT molecular complexity index is 1730. The van der Waals surface area contributed by atoms with E-state index >= 15 is 0 Å². The number of rotatable bonds is 8. The van der Waals surface area contributed by atoms with Crippen molar-refractivity contribution in [2.24, 2.45) is 7.05 Å². The van der Waals surface area contributed by atoms with Crippen LogP contribution >= 0.6 is 23.2 Å². The third kappa shape index (κ3) is 6.58. The number of benzene rings is 2.